The van der Waals surface area contributed by atoms with Crippen LogP contribution in [-0.4, -0.2) is 37.1 Å². The highest BCUT2D eigenvalue weighted by Gasteiger charge is 2.15. The summed E-state index contributed by atoms with van der Waals surface area (Å²) in [6.07, 6.45) is 8.55. The van der Waals surface area contributed by atoms with Crippen molar-refractivity contribution >= 4 is 0 Å². The van der Waals surface area contributed by atoms with E-state index >= 15 is 0 Å². The van der Waals surface area contributed by atoms with E-state index in [1.807, 2.05) is 6.08 Å². The number of hydrogen-bond acceptors (Lipinski definition) is 2. The van der Waals surface area contributed by atoms with E-state index in [1.54, 1.807) is 0 Å². The molecule has 1 heterocycles. The first-order valence-corrected chi connectivity index (χ1v) is 6.40. The smallest absolute Gasteiger partial charge is 0.0192 e. The van der Waals surface area contributed by atoms with Crippen molar-refractivity contribution < 1.29 is 0 Å². The Balaban J connectivity index is 2.01. The number of allylic oxidation sites excluding steroid dienone is 1. The molecule has 0 aromatic carbocycles. The van der Waals surface area contributed by atoms with E-state index in [-0.39, 0.29) is 0 Å². The van der Waals surface area contributed by atoms with E-state index in [0.717, 1.165) is 19.5 Å². The summed E-state index contributed by atoms with van der Waals surface area (Å²) in [4.78, 5) is 2.62. The fourth-order valence-corrected chi connectivity index (χ4v) is 2.17. The molecule has 1 unspecified atom stereocenters. The first kappa shape index (κ1) is 12.7. The molecule has 0 saturated carbocycles. The molecule has 88 valence electrons. The maximum atomic E-state index is 3.73. The number of rotatable bonds is 7. The van der Waals surface area contributed by atoms with Crippen molar-refractivity contribution in [3.05, 3.63) is 12.7 Å². The molecule has 0 bridgehead atoms. The number of nitrogens with one attached hydrogen (secondary N) is 1. The van der Waals surface area contributed by atoms with Gasteiger partial charge in [-0.2, -0.15) is 0 Å². The lowest BCUT2D eigenvalue weighted by Gasteiger charge is -2.32. The second kappa shape index (κ2) is 7.89. The Labute approximate surface area is 94.7 Å². The molecule has 0 amide bonds. The van der Waals surface area contributed by atoms with Crippen LogP contribution < -0.4 is 5.32 Å². The molecule has 1 N–H and O–H groups in total. The maximum Gasteiger partial charge on any atom is 0.0192 e. The van der Waals surface area contributed by atoms with Gasteiger partial charge in [-0.1, -0.05) is 12.5 Å². The zero-order valence-electron chi connectivity index (χ0n) is 10.2. The standard InChI is InChI=1S/C13H26N2/c1-3-4-6-9-14-12-13(2)15-10-7-5-8-11-15/h3,13-14H,1,4-12H2,2H3. The van der Waals surface area contributed by atoms with Gasteiger partial charge in [-0.15, -0.1) is 6.58 Å². The normalized spacial score (nSPS) is 20.1. The van der Waals surface area contributed by atoms with Crippen molar-refractivity contribution in [2.45, 2.75) is 45.1 Å². The monoisotopic (exact) mass is 210 g/mol. The van der Waals surface area contributed by atoms with Crippen LogP contribution >= 0.6 is 0 Å². The Kier molecular flexibility index (Phi) is 6.69. The Morgan fingerprint density at radius 2 is 2.07 bits per heavy atom. The van der Waals surface area contributed by atoms with Gasteiger partial charge in [0.2, 0.25) is 0 Å². The quantitative estimate of drug-likeness (QED) is 0.513. The van der Waals surface area contributed by atoms with Crippen molar-refractivity contribution in [1.82, 2.24) is 10.2 Å². The van der Waals surface area contributed by atoms with Crippen molar-refractivity contribution in [3.8, 4) is 0 Å². The van der Waals surface area contributed by atoms with Gasteiger partial charge in [0.15, 0.2) is 0 Å². The van der Waals surface area contributed by atoms with E-state index in [2.05, 4.69) is 23.7 Å². The second-order valence-electron chi connectivity index (χ2n) is 4.58. The molecule has 1 saturated heterocycles. The molecular weight excluding hydrogens is 184 g/mol. The molecule has 2 heteroatoms. The predicted molar refractivity (Wildman–Crippen MR) is 67.2 cm³/mol. The molecule has 0 aromatic heterocycles. The van der Waals surface area contributed by atoms with Gasteiger partial charge < -0.3 is 5.32 Å². The summed E-state index contributed by atoms with van der Waals surface area (Å²) in [5.74, 6) is 0. The molecule has 1 aliphatic rings. The lowest BCUT2D eigenvalue weighted by Crippen LogP contribution is -2.43. The van der Waals surface area contributed by atoms with E-state index in [0.29, 0.717) is 6.04 Å². The Hall–Kier alpha value is -0.340. The van der Waals surface area contributed by atoms with Gasteiger partial charge >= 0.3 is 0 Å². The van der Waals surface area contributed by atoms with Crippen LogP contribution in [0.1, 0.15) is 39.0 Å². The van der Waals surface area contributed by atoms with Crippen LogP contribution in [0.25, 0.3) is 0 Å². The highest BCUT2D eigenvalue weighted by Crippen LogP contribution is 2.11. The SMILES string of the molecule is C=CCCCNCC(C)N1CCCCC1. The third-order valence-corrected chi connectivity index (χ3v) is 3.22. The summed E-state index contributed by atoms with van der Waals surface area (Å²) >= 11 is 0. The van der Waals surface area contributed by atoms with Crippen LogP contribution in [0, 0.1) is 0 Å². The molecule has 0 aromatic rings. The molecule has 15 heavy (non-hydrogen) atoms. The molecule has 2 nitrogen and oxygen atoms in total. The van der Waals surface area contributed by atoms with Crippen molar-refractivity contribution in [3.63, 3.8) is 0 Å². The largest absolute Gasteiger partial charge is 0.315 e. The maximum absolute atomic E-state index is 3.73. The van der Waals surface area contributed by atoms with Crippen molar-refractivity contribution in [1.29, 1.82) is 0 Å². The lowest BCUT2D eigenvalue weighted by atomic mass is 10.1. The summed E-state index contributed by atoms with van der Waals surface area (Å²) in [5, 5.41) is 3.53. The second-order valence-corrected chi connectivity index (χ2v) is 4.58. The minimum Gasteiger partial charge on any atom is -0.315 e. The van der Waals surface area contributed by atoms with Gasteiger partial charge in [0.25, 0.3) is 0 Å². The van der Waals surface area contributed by atoms with Crippen molar-refractivity contribution in [2.24, 2.45) is 0 Å². The summed E-state index contributed by atoms with van der Waals surface area (Å²) in [6, 6.07) is 0.703. The lowest BCUT2D eigenvalue weighted by molar-refractivity contribution is 0.171. The minimum atomic E-state index is 0.703. The van der Waals surface area contributed by atoms with Crippen molar-refractivity contribution in [2.75, 3.05) is 26.2 Å². The van der Waals surface area contributed by atoms with Gasteiger partial charge in [-0.25, -0.2) is 0 Å². The molecule has 1 atom stereocenters. The Morgan fingerprint density at radius 1 is 1.33 bits per heavy atom. The topological polar surface area (TPSA) is 15.3 Å². The molecule has 0 spiro atoms. The van der Waals surface area contributed by atoms with Crippen LogP contribution in [0.3, 0.4) is 0 Å². The molecule has 0 radical (unpaired) electrons. The minimum absolute atomic E-state index is 0.703. The van der Waals surface area contributed by atoms with E-state index in [4.69, 9.17) is 0 Å². The molecular formula is C13H26N2. The number of piperidine rings is 1. The summed E-state index contributed by atoms with van der Waals surface area (Å²) < 4.78 is 0. The number of hydrogen-bond donors (Lipinski definition) is 1. The number of nitrogens with zero attached hydrogens (tertiary/aromatic N) is 1. The van der Waals surface area contributed by atoms with Gasteiger partial charge in [0.05, 0.1) is 0 Å². The average Bonchev–Trinajstić information content (AvgIpc) is 2.30. The summed E-state index contributed by atoms with van der Waals surface area (Å²) in [7, 11) is 0. The fourth-order valence-electron chi connectivity index (χ4n) is 2.17. The summed E-state index contributed by atoms with van der Waals surface area (Å²) in [5.41, 5.74) is 0. The van der Waals surface area contributed by atoms with Gasteiger partial charge in [-0.3, -0.25) is 4.90 Å². The van der Waals surface area contributed by atoms with Crippen LogP contribution in [0.2, 0.25) is 0 Å². The van der Waals surface area contributed by atoms with Crippen LogP contribution in [-0.2, 0) is 0 Å². The third kappa shape index (κ3) is 5.33. The average molecular weight is 210 g/mol. The molecule has 1 rings (SSSR count). The van der Waals surface area contributed by atoms with Crippen LogP contribution in [0.15, 0.2) is 12.7 Å². The molecule has 1 aliphatic heterocycles. The van der Waals surface area contributed by atoms with Gasteiger partial charge in [0.1, 0.15) is 0 Å². The third-order valence-electron chi connectivity index (χ3n) is 3.22. The zero-order valence-corrected chi connectivity index (χ0v) is 10.2. The predicted octanol–water partition coefficient (Wildman–Crippen LogP) is 2.42. The molecule has 0 aliphatic carbocycles. The van der Waals surface area contributed by atoms with Gasteiger partial charge in [-0.05, 0) is 52.2 Å². The Bertz CT molecular complexity index is 162. The van der Waals surface area contributed by atoms with E-state index in [1.165, 1.54) is 38.8 Å². The number of unbranched alkanes of at least 4 members (excludes halogenated alkanes) is 1. The number of likely N-dealkylation sites (tertiary alicyclic amines) is 1. The summed E-state index contributed by atoms with van der Waals surface area (Å²) in [6.45, 7) is 10.9. The van der Waals surface area contributed by atoms with Crippen LogP contribution in [0.5, 0.6) is 0 Å². The Morgan fingerprint density at radius 3 is 2.73 bits per heavy atom. The van der Waals surface area contributed by atoms with E-state index < -0.39 is 0 Å². The highest BCUT2D eigenvalue weighted by atomic mass is 15.2. The zero-order chi connectivity index (χ0) is 10.9. The van der Waals surface area contributed by atoms with E-state index in [9.17, 15) is 0 Å². The first-order valence-electron chi connectivity index (χ1n) is 6.40. The fraction of sp³-hybridized carbons (Fsp3) is 0.846. The first-order chi connectivity index (χ1) is 7.34. The van der Waals surface area contributed by atoms with Crippen LogP contribution in [0.4, 0.5) is 0 Å². The van der Waals surface area contributed by atoms with Gasteiger partial charge in [0, 0.05) is 12.6 Å². The molecule has 1 fully saturated rings. The highest BCUT2D eigenvalue weighted by molar-refractivity contribution is 4.73.